The molecule has 164 valence electrons. The fraction of sp³-hybridized carbons (Fsp3) is 0.409. The molecule has 0 amide bonds. The summed E-state index contributed by atoms with van der Waals surface area (Å²) >= 11 is 0. The lowest BCUT2D eigenvalue weighted by molar-refractivity contribution is -0.140. The van der Waals surface area contributed by atoms with E-state index >= 15 is 0 Å². The number of benzene rings is 1. The van der Waals surface area contributed by atoms with E-state index in [4.69, 9.17) is 23.7 Å². The highest BCUT2D eigenvalue weighted by Crippen LogP contribution is 2.13. The Morgan fingerprint density at radius 3 is 1.83 bits per heavy atom. The summed E-state index contributed by atoms with van der Waals surface area (Å²) in [5.41, 5.74) is 1.06. The van der Waals surface area contributed by atoms with Crippen LogP contribution >= 0.6 is 0 Å². The summed E-state index contributed by atoms with van der Waals surface area (Å²) in [5, 5.41) is 0. The maximum Gasteiger partial charge on any atom is 0.338 e. The summed E-state index contributed by atoms with van der Waals surface area (Å²) in [5.74, 6) is -0.783. The van der Waals surface area contributed by atoms with Crippen LogP contribution in [-0.2, 0) is 28.5 Å². The van der Waals surface area contributed by atoms with Gasteiger partial charge in [-0.15, -0.1) is 0 Å². The molecule has 0 heterocycles. The third kappa shape index (κ3) is 10.4. The SMILES string of the molecule is C=C(C)C(=O)OCCCOc1ccc(C(=O)OCCOCCOC(=O)C(=C)C)cc1. The molecule has 8 nitrogen and oxygen atoms in total. The maximum atomic E-state index is 12.0. The van der Waals surface area contributed by atoms with Crippen LogP contribution in [0.15, 0.2) is 48.6 Å². The van der Waals surface area contributed by atoms with Crippen LogP contribution in [0.3, 0.4) is 0 Å². The first-order valence-electron chi connectivity index (χ1n) is 9.44. The average molecular weight is 420 g/mol. The largest absolute Gasteiger partial charge is 0.493 e. The van der Waals surface area contributed by atoms with Crippen LogP contribution in [0, 0.1) is 0 Å². The Hall–Kier alpha value is -3.13. The van der Waals surface area contributed by atoms with E-state index in [1.807, 2.05) is 0 Å². The van der Waals surface area contributed by atoms with Gasteiger partial charge in [-0.2, -0.15) is 0 Å². The smallest absolute Gasteiger partial charge is 0.338 e. The summed E-state index contributed by atoms with van der Waals surface area (Å²) in [6.07, 6.45) is 0.537. The number of esters is 3. The average Bonchev–Trinajstić information content (AvgIpc) is 2.72. The van der Waals surface area contributed by atoms with E-state index in [0.717, 1.165) is 0 Å². The van der Waals surface area contributed by atoms with E-state index in [-0.39, 0.29) is 33.0 Å². The molecule has 0 saturated heterocycles. The Kier molecular flexibility index (Phi) is 11.6. The Balaban J connectivity index is 2.16. The number of hydrogen-bond donors (Lipinski definition) is 0. The van der Waals surface area contributed by atoms with Gasteiger partial charge in [0.1, 0.15) is 19.0 Å². The second-order valence-electron chi connectivity index (χ2n) is 6.31. The molecule has 0 N–H and O–H groups in total. The van der Waals surface area contributed by atoms with E-state index in [0.29, 0.717) is 35.5 Å². The predicted molar refractivity (Wildman–Crippen MR) is 109 cm³/mol. The summed E-state index contributed by atoms with van der Waals surface area (Å²) in [7, 11) is 0. The zero-order valence-electron chi connectivity index (χ0n) is 17.4. The lowest BCUT2D eigenvalue weighted by Crippen LogP contribution is -2.14. The van der Waals surface area contributed by atoms with E-state index in [1.165, 1.54) is 0 Å². The van der Waals surface area contributed by atoms with Crippen molar-refractivity contribution in [1.82, 2.24) is 0 Å². The molecule has 0 radical (unpaired) electrons. The van der Waals surface area contributed by atoms with E-state index < -0.39 is 17.9 Å². The highest BCUT2D eigenvalue weighted by atomic mass is 16.6. The van der Waals surface area contributed by atoms with Gasteiger partial charge in [0.05, 0.1) is 32.0 Å². The molecule has 0 fully saturated rings. The van der Waals surface area contributed by atoms with Gasteiger partial charge in [-0.25, -0.2) is 14.4 Å². The quantitative estimate of drug-likeness (QED) is 0.196. The van der Waals surface area contributed by atoms with E-state index in [1.54, 1.807) is 38.1 Å². The molecule has 1 aromatic carbocycles. The number of carbonyl (C=O) groups excluding carboxylic acids is 3. The summed E-state index contributed by atoms with van der Waals surface area (Å²) < 4.78 is 25.7. The normalized spacial score (nSPS) is 10.1. The fourth-order valence-corrected chi connectivity index (χ4v) is 1.92. The Morgan fingerprint density at radius 1 is 0.733 bits per heavy atom. The molecule has 0 unspecified atom stereocenters. The minimum absolute atomic E-state index is 0.0778. The Labute approximate surface area is 176 Å². The van der Waals surface area contributed by atoms with Gasteiger partial charge >= 0.3 is 17.9 Å². The summed E-state index contributed by atoms with van der Waals surface area (Å²) in [6.45, 7) is 11.3. The second-order valence-corrected chi connectivity index (χ2v) is 6.31. The summed E-state index contributed by atoms with van der Waals surface area (Å²) in [4.78, 5) is 34.4. The molecule has 0 aliphatic rings. The number of rotatable bonds is 14. The van der Waals surface area contributed by atoms with Crippen molar-refractivity contribution >= 4 is 17.9 Å². The number of hydrogen-bond acceptors (Lipinski definition) is 8. The van der Waals surface area contributed by atoms with Crippen LogP contribution in [-0.4, -0.2) is 57.5 Å². The van der Waals surface area contributed by atoms with Crippen LogP contribution < -0.4 is 4.74 Å². The molecule has 0 saturated carbocycles. The third-order valence-electron chi connectivity index (χ3n) is 3.50. The van der Waals surface area contributed by atoms with Crippen molar-refractivity contribution in [2.45, 2.75) is 20.3 Å². The van der Waals surface area contributed by atoms with Gasteiger partial charge in [0.2, 0.25) is 0 Å². The maximum absolute atomic E-state index is 12.0. The van der Waals surface area contributed by atoms with Crippen LogP contribution in [0.25, 0.3) is 0 Å². The van der Waals surface area contributed by atoms with Crippen molar-refractivity contribution in [3.05, 3.63) is 54.1 Å². The highest BCUT2D eigenvalue weighted by Gasteiger charge is 2.08. The number of carbonyl (C=O) groups is 3. The molecular formula is C22H28O8. The van der Waals surface area contributed by atoms with E-state index in [2.05, 4.69) is 13.2 Å². The van der Waals surface area contributed by atoms with Crippen molar-refractivity contribution in [2.75, 3.05) is 39.6 Å². The van der Waals surface area contributed by atoms with Gasteiger partial charge < -0.3 is 23.7 Å². The fourth-order valence-electron chi connectivity index (χ4n) is 1.92. The van der Waals surface area contributed by atoms with Crippen molar-refractivity contribution in [3.63, 3.8) is 0 Å². The lowest BCUT2D eigenvalue weighted by Gasteiger charge is -2.09. The number of ether oxygens (including phenoxy) is 5. The minimum Gasteiger partial charge on any atom is -0.493 e. The molecule has 1 rings (SSSR count). The lowest BCUT2D eigenvalue weighted by atomic mass is 10.2. The molecule has 0 spiro atoms. The molecule has 0 aromatic heterocycles. The van der Waals surface area contributed by atoms with Crippen LogP contribution in [0.2, 0.25) is 0 Å². The van der Waals surface area contributed by atoms with Crippen molar-refractivity contribution in [2.24, 2.45) is 0 Å². The second kappa shape index (κ2) is 13.9. The van der Waals surface area contributed by atoms with Gasteiger partial charge in [-0.3, -0.25) is 0 Å². The highest BCUT2D eigenvalue weighted by molar-refractivity contribution is 5.89. The molecule has 8 heteroatoms. The van der Waals surface area contributed by atoms with Crippen LogP contribution in [0.4, 0.5) is 0 Å². The first kappa shape index (κ1) is 24.9. The van der Waals surface area contributed by atoms with Crippen molar-refractivity contribution in [3.8, 4) is 5.75 Å². The molecule has 0 atom stereocenters. The third-order valence-corrected chi connectivity index (χ3v) is 3.50. The molecule has 0 aliphatic heterocycles. The van der Waals surface area contributed by atoms with Gasteiger partial charge in [0, 0.05) is 17.6 Å². The predicted octanol–water partition coefficient (Wildman–Crippen LogP) is 2.87. The van der Waals surface area contributed by atoms with Crippen LogP contribution in [0.1, 0.15) is 30.6 Å². The van der Waals surface area contributed by atoms with Gasteiger partial charge in [0.15, 0.2) is 0 Å². The molecular weight excluding hydrogens is 392 g/mol. The van der Waals surface area contributed by atoms with Crippen molar-refractivity contribution < 1.29 is 38.1 Å². The zero-order valence-corrected chi connectivity index (χ0v) is 17.4. The minimum atomic E-state index is -0.481. The molecule has 1 aromatic rings. The van der Waals surface area contributed by atoms with Gasteiger partial charge in [0.25, 0.3) is 0 Å². The van der Waals surface area contributed by atoms with Gasteiger partial charge in [-0.05, 0) is 38.1 Å². The zero-order chi connectivity index (χ0) is 22.4. The van der Waals surface area contributed by atoms with Crippen molar-refractivity contribution in [1.29, 1.82) is 0 Å². The first-order valence-corrected chi connectivity index (χ1v) is 9.44. The van der Waals surface area contributed by atoms with Crippen LogP contribution in [0.5, 0.6) is 5.75 Å². The molecule has 0 bridgehead atoms. The Morgan fingerprint density at radius 2 is 1.27 bits per heavy atom. The monoisotopic (exact) mass is 420 g/mol. The summed E-state index contributed by atoms with van der Waals surface area (Å²) in [6, 6.07) is 6.50. The Bertz CT molecular complexity index is 736. The molecule has 30 heavy (non-hydrogen) atoms. The molecule has 0 aliphatic carbocycles. The standard InChI is InChI=1S/C22H28O8/c1-16(2)20(23)28-11-5-10-27-19-8-6-18(7-9-19)22(25)30-15-13-26-12-14-29-21(24)17(3)4/h6-9H,1,3,5,10-15H2,2,4H3. The topological polar surface area (TPSA) is 97.4 Å². The van der Waals surface area contributed by atoms with E-state index in [9.17, 15) is 14.4 Å². The first-order chi connectivity index (χ1) is 14.3. The van der Waals surface area contributed by atoms with Gasteiger partial charge in [-0.1, -0.05) is 13.2 Å².